The van der Waals surface area contributed by atoms with Crippen molar-refractivity contribution in [2.24, 2.45) is 0 Å². The van der Waals surface area contributed by atoms with E-state index in [9.17, 15) is 14.4 Å². The molecule has 37 heavy (non-hydrogen) atoms. The first-order valence-corrected chi connectivity index (χ1v) is 12.1. The number of hydrogen-bond acceptors (Lipinski definition) is 5. The Labute approximate surface area is 219 Å². The molecule has 2 aromatic carbocycles. The molecule has 2 N–H and O–H groups in total. The van der Waals surface area contributed by atoms with Crippen LogP contribution in [0.25, 0.3) is 0 Å². The van der Waals surface area contributed by atoms with Gasteiger partial charge in [0.1, 0.15) is 23.9 Å². The summed E-state index contributed by atoms with van der Waals surface area (Å²) in [5.41, 5.74) is 0.0335. The number of carbonyl (C=O) groups is 3. The Morgan fingerprint density at radius 2 is 1.65 bits per heavy atom. The summed E-state index contributed by atoms with van der Waals surface area (Å²) < 4.78 is 10.5. The minimum atomic E-state index is -1.07. The monoisotopic (exact) mass is 507 g/mol. The van der Waals surface area contributed by atoms with Crippen molar-refractivity contribution < 1.29 is 23.9 Å². The SMILES string of the molecule is C#Cc1ccccc1C(C(=O)Nc1ccc(OC)cc1)N(C(=O)CNC(=O)OC(C)(C)C)C(C)(C)CC. The van der Waals surface area contributed by atoms with Gasteiger partial charge in [-0.25, -0.2) is 4.79 Å². The number of terminal acetylenes is 1. The van der Waals surface area contributed by atoms with Gasteiger partial charge in [-0.05, 0) is 76.9 Å². The van der Waals surface area contributed by atoms with E-state index < -0.39 is 35.1 Å². The average Bonchev–Trinajstić information content (AvgIpc) is 2.85. The van der Waals surface area contributed by atoms with E-state index in [-0.39, 0.29) is 6.54 Å². The van der Waals surface area contributed by atoms with Gasteiger partial charge in [-0.3, -0.25) is 9.59 Å². The topological polar surface area (TPSA) is 97.0 Å². The second kappa shape index (κ2) is 12.3. The van der Waals surface area contributed by atoms with Crippen molar-refractivity contribution in [3.05, 3.63) is 59.7 Å². The summed E-state index contributed by atoms with van der Waals surface area (Å²) in [5.74, 6) is 2.36. The Morgan fingerprint density at radius 1 is 1.03 bits per heavy atom. The standard InChI is InChI=1S/C29H37N3O5/c1-9-20-13-11-12-14-23(20)25(26(34)31-21-15-17-22(36-8)18-16-21)32(29(6,7)10-2)24(33)19-30-27(35)37-28(3,4)5/h1,11-18,25H,10,19H2,2-8H3,(H,30,35)(H,31,34). The summed E-state index contributed by atoms with van der Waals surface area (Å²) in [7, 11) is 1.56. The Hall–Kier alpha value is -3.99. The summed E-state index contributed by atoms with van der Waals surface area (Å²) in [6, 6.07) is 12.8. The van der Waals surface area contributed by atoms with Crippen molar-refractivity contribution in [2.45, 2.75) is 65.1 Å². The maximum atomic E-state index is 13.9. The third-order valence-corrected chi connectivity index (χ3v) is 5.84. The molecule has 198 valence electrons. The number of carbonyl (C=O) groups excluding carboxylic acids is 3. The van der Waals surface area contributed by atoms with E-state index in [1.165, 1.54) is 4.90 Å². The molecule has 1 atom stereocenters. The van der Waals surface area contributed by atoms with Gasteiger partial charge >= 0.3 is 6.09 Å². The average molecular weight is 508 g/mol. The molecule has 0 aliphatic carbocycles. The Balaban J connectivity index is 2.51. The number of nitrogens with one attached hydrogen (secondary N) is 2. The molecular weight excluding hydrogens is 470 g/mol. The zero-order valence-electron chi connectivity index (χ0n) is 22.7. The van der Waals surface area contributed by atoms with Gasteiger partial charge in [-0.1, -0.05) is 31.0 Å². The summed E-state index contributed by atoms with van der Waals surface area (Å²) in [6.45, 7) is 10.5. The van der Waals surface area contributed by atoms with Crippen LogP contribution in [0.15, 0.2) is 48.5 Å². The molecule has 0 aliphatic heterocycles. The quantitative estimate of drug-likeness (QED) is 0.471. The highest BCUT2D eigenvalue weighted by molar-refractivity contribution is 5.99. The lowest BCUT2D eigenvalue weighted by Gasteiger charge is -2.43. The van der Waals surface area contributed by atoms with Crippen LogP contribution in [0.4, 0.5) is 10.5 Å². The van der Waals surface area contributed by atoms with E-state index in [4.69, 9.17) is 15.9 Å². The van der Waals surface area contributed by atoms with Crippen LogP contribution in [0.3, 0.4) is 0 Å². The van der Waals surface area contributed by atoms with E-state index in [1.54, 1.807) is 76.4 Å². The lowest BCUT2D eigenvalue weighted by atomic mass is 9.91. The number of ether oxygens (including phenoxy) is 2. The third kappa shape index (κ3) is 8.01. The second-order valence-corrected chi connectivity index (χ2v) is 10.1. The van der Waals surface area contributed by atoms with Crippen LogP contribution in [0.5, 0.6) is 5.75 Å². The van der Waals surface area contributed by atoms with Crippen LogP contribution in [0.2, 0.25) is 0 Å². The molecule has 0 aromatic heterocycles. The minimum Gasteiger partial charge on any atom is -0.497 e. The maximum Gasteiger partial charge on any atom is 0.408 e. The van der Waals surface area contributed by atoms with Crippen LogP contribution in [0, 0.1) is 12.3 Å². The van der Waals surface area contributed by atoms with Gasteiger partial charge in [-0.2, -0.15) is 0 Å². The Kier molecular flexibility index (Phi) is 9.73. The number of rotatable bonds is 9. The van der Waals surface area contributed by atoms with Crippen molar-refractivity contribution in [3.63, 3.8) is 0 Å². The lowest BCUT2D eigenvalue weighted by molar-refractivity contribution is -0.145. The van der Waals surface area contributed by atoms with Gasteiger partial charge in [0, 0.05) is 16.8 Å². The van der Waals surface area contributed by atoms with Crippen LogP contribution >= 0.6 is 0 Å². The first kappa shape index (κ1) is 29.2. The van der Waals surface area contributed by atoms with Crippen LogP contribution in [0.1, 0.15) is 65.1 Å². The van der Waals surface area contributed by atoms with E-state index >= 15 is 0 Å². The van der Waals surface area contributed by atoms with Gasteiger partial charge in [0.2, 0.25) is 5.91 Å². The lowest BCUT2D eigenvalue weighted by Crippen LogP contribution is -2.55. The van der Waals surface area contributed by atoms with E-state index in [0.29, 0.717) is 29.0 Å². The first-order chi connectivity index (χ1) is 17.3. The van der Waals surface area contributed by atoms with Gasteiger partial charge in [0.05, 0.1) is 7.11 Å². The molecule has 2 rings (SSSR count). The normalized spacial score (nSPS) is 12.1. The van der Waals surface area contributed by atoms with Gasteiger partial charge in [0.15, 0.2) is 0 Å². The molecule has 0 aliphatic rings. The molecule has 8 nitrogen and oxygen atoms in total. The Morgan fingerprint density at radius 3 is 2.19 bits per heavy atom. The van der Waals surface area contributed by atoms with Crippen molar-refractivity contribution in [3.8, 4) is 18.1 Å². The van der Waals surface area contributed by atoms with E-state index in [2.05, 4.69) is 16.6 Å². The third-order valence-electron chi connectivity index (χ3n) is 5.84. The number of methoxy groups -OCH3 is 1. The minimum absolute atomic E-state index is 0.358. The van der Waals surface area contributed by atoms with Crippen molar-refractivity contribution in [2.75, 3.05) is 19.0 Å². The molecule has 0 bridgehead atoms. The van der Waals surface area contributed by atoms with Crippen LogP contribution < -0.4 is 15.4 Å². The molecule has 0 radical (unpaired) electrons. The fourth-order valence-electron chi connectivity index (χ4n) is 3.70. The molecule has 0 saturated heterocycles. The van der Waals surface area contributed by atoms with Crippen molar-refractivity contribution >= 4 is 23.6 Å². The molecule has 8 heteroatoms. The highest BCUT2D eigenvalue weighted by atomic mass is 16.6. The predicted octanol–water partition coefficient (Wildman–Crippen LogP) is 4.90. The van der Waals surface area contributed by atoms with Gasteiger partial charge in [-0.15, -0.1) is 6.42 Å². The van der Waals surface area contributed by atoms with Crippen molar-refractivity contribution in [1.82, 2.24) is 10.2 Å². The zero-order valence-corrected chi connectivity index (χ0v) is 22.7. The second-order valence-electron chi connectivity index (χ2n) is 10.1. The number of anilines is 1. The number of nitrogens with zero attached hydrogens (tertiary/aromatic N) is 1. The largest absolute Gasteiger partial charge is 0.497 e. The molecule has 0 saturated carbocycles. The van der Waals surface area contributed by atoms with Gasteiger partial charge < -0.3 is 25.0 Å². The predicted molar refractivity (Wildman–Crippen MR) is 144 cm³/mol. The van der Waals surface area contributed by atoms with Crippen molar-refractivity contribution in [1.29, 1.82) is 0 Å². The number of benzene rings is 2. The number of amides is 3. The molecule has 0 heterocycles. The summed E-state index contributed by atoms with van der Waals surface area (Å²) in [5, 5.41) is 5.42. The first-order valence-electron chi connectivity index (χ1n) is 12.1. The zero-order chi connectivity index (χ0) is 27.8. The van der Waals surface area contributed by atoms with Crippen LogP contribution in [-0.4, -0.2) is 47.6 Å². The van der Waals surface area contributed by atoms with E-state index in [0.717, 1.165) is 0 Å². The summed E-state index contributed by atoms with van der Waals surface area (Å²) in [6.07, 6.45) is 5.59. The fraction of sp³-hybridized carbons (Fsp3) is 0.414. The highest BCUT2D eigenvalue weighted by Crippen LogP contribution is 2.33. The maximum absolute atomic E-state index is 13.9. The smallest absolute Gasteiger partial charge is 0.408 e. The van der Waals surface area contributed by atoms with E-state index in [1.807, 2.05) is 20.8 Å². The van der Waals surface area contributed by atoms with Gasteiger partial charge in [0.25, 0.3) is 5.91 Å². The molecular formula is C29H37N3O5. The summed E-state index contributed by atoms with van der Waals surface area (Å²) >= 11 is 0. The molecule has 0 fully saturated rings. The molecule has 3 amide bonds. The molecule has 1 unspecified atom stereocenters. The molecule has 0 spiro atoms. The molecule has 2 aromatic rings. The van der Waals surface area contributed by atoms with Crippen LogP contribution in [-0.2, 0) is 14.3 Å². The highest BCUT2D eigenvalue weighted by Gasteiger charge is 2.41. The Bertz CT molecular complexity index is 1140. The summed E-state index contributed by atoms with van der Waals surface area (Å²) in [4.78, 5) is 41.3. The fourth-order valence-corrected chi connectivity index (χ4v) is 3.70. The number of alkyl carbamates (subject to hydrolysis) is 1. The number of hydrogen-bond donors (Lipinski definition) is 2.